The summed E-state index contributed by atoms with van der Waals surface area (Å²) in [4.78, 5) is 26.6. The highest BCUT2D eigenvalue weighted by Crippen LogP contribution is 2.32. The molecule has 0 aliphatic carbocycles. The zero-order valence-electron chi connectivity index (χ0n) is 10.7. The van der Waals surface area contributed by atoms with Gasteiger partial charge in [-0.05, 0) is 45.1 Å². The van der Waals surface area contributed by atoms with E-state index in [2.05, 4.69) is 10.6 Å². The number of nitrogens with one attached hydrogen (secondary N) is 2. The van der Waals surface area contributed by atoms with Gasteiger partial charge in [0.1, 0.15) is 6.04 Å². The molecule has 0 aromatic carbocycles. The molecule has 3 heterocycles. The monoisotopic (exact) mass is 251 g/mol. The fourth-order valence-electron chi connectivity index (χ4n) is 3.50. The Hall–Kier alpha value is -1.10. The zero-order chi connectivity index (χ0) is 12.5. The maximum atomic E-state index is 12.6. The maximum Gasteiger partial charge on any atom is 0.242 e. The summed E-state index contributed by atoms with van der Waals surface area (Å²) < 4.78 is 0. The summed E-state index contributed by atoms with van der Waals surface area (Å²) in [5.41, 5.74) is 0. The van der Waals surface area contributed by atoms with Crippen molar-refractivity contribution in [1.29, 1.82) is 0 Å². The summed E-state index contributed by atoms with van der Waals surface area (Å²) in [5.74, 6) is 0.199. The van der Waals surface area contributed by atoms with Crippen LogP contribution in [0.5, 0.6) is 0 Å². The summed E-state index contributed by atoms with van der Waals surface area (Å²) >= 11 is 0. The zero-order valence-corrected chi connectivity index (χ0v) is 10.7. The number of rotatable bonds is 0. The van der Waals surface area contributed by atoms with Crippen LogP contribution >= 0.6 is 0 Å². The molecule has 3 saturated heterocycles. The molecule has 3 aliphatic rings. The van der Waals surface area contributed by atoms with Crippen molar-refractivity contribution in [2.75, 3.05) is 13.1 Å². The van der Waals surface area contributed by atoms with Crippen LogP contribution in [0.15, 0.2) is 0 Å². The van der Waals surface area contributed by atoms with Crippen molar-refractivity contribution in [1.82, 2.24) is 15.5 Å². The van der Waals surface area contributed by atoms with Gasteiger partial charge in [-0.2, -0.15) is 0 Å². The lowest BCUT2D eigenvalue weighted by molar-refractivity contribution is -0.141. The second-order valence-electron chi connectivity index (χ2n) is 5.57. The van der Waals surface area contributed by atoms with Crippen molar-refractivity contribution >= 4 is 11.8 Å². The van der Waals surface area contributed by atoms with E-state index in [1.807, 2.05) is 4.90 Å². The van der Waals surface area contributed by atoms with Crippen molar-refractivity contribution in [3.63, 3.8) is 0 Å². The Morgan fingerprint density at radius 3 is 2.78 bits per heavy atom. The van der Waals surface area contributed by atoms with Crippen LogP contribution in [-0.4, -0.2) is 47.9 Å². The topological polar surface area (TPSA) is 61.4 Å². The second-order valence-corrected chi connectivity index (χ2v) is 5.57. The number of amides is 2. The molecule has 3 rings (SSSR count). The molecule has 0 saturated carbocycles. The molecule has 2 N–H and O–H groups in total. The molecule has 3 aliphatic heterocycles. The molecule has 0 aromatic heterocycles. The summed E-state index contributed by atoms with van der Waals surface area (Å²) in [5, 5.41) is 6.30. The van der Waals surface area contributed by atoms with Crippen molar-refractivity contribution in [2.24, 2.45) is 0 Å². The first kappa shape index (κ1) is 12.0. The van der Waals surface area contributed by atoms with Crippen LogP contribution in [-0.2, 0) is 9.59 Å². The van der Waals surface area contributed by atoms with Gasteiger partial charge in [-0.15, -0.1) is 0 Å². The SMILES string of the molecule is O=C1NCCCN[C@@H]2CCC[C@@H]3CC[C@@H]1N3C2=O. The van der Waals surface area contributed by atoms with Crippen LogP contribution in [0, 0.1) is 0 Å². The Balaban J connectivity index is 1.89. The maximum absolute atomic E-state index is 12.6. The summed E-state index contributed by atoms with van der Waals surface area (Å²) in [6.45, 7) is 1.52. The van der Waals surface area contributed by atoms with E-state index in [0.29, 0.717) is 12.6 Å². The van der Waals surface area contributed by atoms with Crippen molar-refractivity contribution in [2.45, 2.75) is 56.7 Å². The van der Waals surface area contributed by atoms with Gasteiger partial charge in [-0.1, -0.05) is 0 Å². The number of nitrogens with zero attached hydrogens (tertiary/aromatic N) is 1. The highest BCUT2D eigenvalue weighted by molar-refractivity contribution is 5.91. The van der Waals surface area contributed by atoms with E-state index in [4.69, 9.17) is 0 Å². The Kier molecular flexibility index (Phi) is 3.24. The Morgan fingerprint density at radius 1 is 1.00 bits per heavy atom. The van der Waals surface area contributed by atoms with E-state index < -0.39 is 0 Å². The lowest BCUT2D eigenvalue weighted by Crippen LogP contribution is -2.55. The van der Waals surface area contributed by atoms with E-state index in [1.165, 1.54) is 0 Å². The minimum Gasteiger partial charge on any atom is -0.354 e. The predicted octanol–water partition coefficient (Wildman–Crippen LogP) is 0.00800. The third kappa shape index (κ3) is 2.00. The fourth-order valence-corrected chi connectivity index (χ4v) is 3.50. The molecule has 0 unspecified atom stereocenters. The van der Waals surface area contributed by atoms with Gasteiger partial charge < -0.3 is 15.5 Å². The van der Waals surface area contributed by atoms with Gasteiger partial charge in [0.2, 0.25) is 11.8 Å². The van der Waals surface area contributed by atoms with Crippen molar-refractivity contribution in [3.05, 3.63) is 0 Å². The van der Waals surface area contributed by atoms with Gasteiger partial charge in [-0.3, -0.25) is 9.59 Å². The van der Waals surface area contributed by atoms with Crippen LogP contribution < -0.4 is 10.6 Å². The van der Waals surface area contributed by atoms with Gasteiger partial charge in [0.15, 0.2) is 0 Å². The third-order valence-corrected chi connectivity index (χ3v) is 4.43. The number of hydrogen-bond acceptors (Lipinski definition) is 3. The van der Waals surface area contributed by atoms with Crippen molar-refractivity contribution < 1.29 is 9.59 Å². The Labute approximate surface area is 107 Å². The van der Waals surface area contributed by atoms with E-state index in [1.54, 1.807) is 0 Å². The molecule has 3 atom stereocenters. The van der Waals surface area contributed by atoms with Gasteiger partial charge in [-0.25, -0.2) is 0 Å². The van der Waals surface area contributed by atoms with E-state index in [9.17, 15) is 9.59 Å². The molecule has 18 heavy (non-hydrogen) atoms. The molecular weight excluding hydrogens is 230 g/mol. The standard InChI is InChI=1S/C13H21N3O2/c17-12-11-6-5-9-3-1-4-10(13(18)16(9)11)14-7-2-8-15-12/h9-11,14H,1-8H2,(H,15,17)/t9-,10-,11+/m1/s1. The largest absolute Gasteiger partial charge is 0.354 e. The molecule has 2 amide bonds. The molecule has 100 valence electrons. The van der Waals surface area contributed by atoms with Gasteiger partial charge >= 0.3 is 0 Å². The minimum atomic E-state index is -0.219. The fraction of sp³-hybridized carbons (Fsp3) is 0.846. The number of carbonyl (C=O) groups excluding carboxylic acids is 2. The Morgan fingerprint density at radius 2 is 1.89 bits per heavy atom. The van der Waals surface area contributed by atoms with Crippen LogP contribution in [0.1, 0.15) is 38.5 Å². The normalized spacial score (nSPS) is 37.1. The first-order valence-corrected chi connectivity index (χ1v) is 7.10. The predicted molar refractivity (Wildman–Crippen MR) is 66.9 cm³/mol. The lowest BCUT2D eigenvalue weighted by atomic mass is 10.1. The minimum absolute atomic E-state index is 0.0494. The molecule has 5 heteroatoms. The molecule has 2 bridgehead atoms. The molecule has 0 aromatic rings. The average molecular weight is 251 g/mol. The van der Waals surface area contributed by atoms with E-state index >= 15 is 0 Å². The smallest absolute Gasteiger partial charge is 0.242 e. The average Bonchev–Trinajstić information content (AvgIpc) is 2.73. The highest BCUT2D eigenvalue weighted by Gasteiger charge is 2.44. The lowest BCUT2D eigenvalue weighted by Gasteiger charge is -2.31. The first-order valence-electron chi connectivity index (χ1n) is 7.10. The molecule has 0 radical (unpaired) electrons. The first-order chi connectivity index (χ1) is 8.77. The molecular formula is C13H21N3O2. The number of carbonyl (C=O) groups is 2. The van der Waals surface area contributed by atoms with E-state index in [0.717, 1.165) is 45.1 Å². The highest BCUT2D eigenvalue weighted by atomic mass is 16.2. The number of hydrogen-bond donors (Lipinski definition) is 2. The van der Waals surface area contributed by atoms with Crippen LogP contribution in [0.25, 0.3) is 0 Å². The summed E-state index contributed by atoms with van der Waals surface area (Å²) in [7, 11) is 0. The van der Waals surface area contributed by atoms with Gasteiger partial charge in [0.05, 0.1) is 6.04 Å². The quantitative estimate of drug-likeness (QED) is 0.637. The van der Waals surface area contributed by atoms with Gasteiger partial charge in [0.25, 0.3) is 0 Å². The van der Waals surface area contributed by atoms with Gasteiger partial charge in [0, 0.05) is 12.6 Å². The van der Waals surface area contributed by atoms with Crippen LogP contribution in [0.3, 0.4) is 0 Å². The Bertz CT molecular complexity index is 358. The second kappa shape index (κ2) is 4.88. The van der Waals surface area contributed by atoms with E-state index in [-0.39, 0.29) is 23.9 Å². The van der Waals surface area contributed by atoms with Crippen LogP contribution in [0.4, 0.5) is 0 Å². The molecule has 5 nitrogen and oxygen atoms in total. The number of fused-ring (bicyclic) bond motifs is 1. The summed E-state index contributed by atoms with van der Waals surface area (Å²) in [6, 6.07) is 0.00368. The third-order valence-electron chi connectivity index (χ3n) is 4.43. The molecule has 3 fully saturated rings. The van der Waals surface area contributed by atoms with Crippen molar-refractivity contribution in [3.8, 4) is 0 Å². The van der Waals surface area contributed by atoms with Crippen LogP contribution in [0.2, 0.25) is 0 Å². The summed E-state index contributed by atoms with van der Waals surface area (Å²) in [6.07, 6.45) is 5.75. The molecule has 0 spiro atoms.